The van der Waals surface area contributed by atoms with Crippen LogP contribution in [0.15, 0.2) is 66.7 Å². The maximum Gasteiger partial charge on any atom is 0.326 e. The Morgan fingerprint density at radius 2 is 1.11 bits per heavy atom. The number of fused-ring (bicyclic) bond motifs is 1. The first-order chi connectivity index (χ1) is 27.3. The smallest absolute Gasteiger partial charge is 0.326 e. The molecule has 4 rings (SSSR count). The van der Waals surface area contributed by atoms with Crippen molar-refractivity contribution in [2.45, 2.75) is 31.8 Å². The van der Waals surface area contributed by atoms with Gasteiger partial charge in [-0.15, -0.1) is 0 Å². The summed E-state index contributed by atoms with van der Waals surface area (Å²) in [5.41, 5.74) is 2.24. The Labute approximate surface area is 331 Å². The van der Waals surface area contributed by atoms with Crippen molar-refractivity contribution in [2.75, 3.05) is 90.4 Å². The van der Waals surface area contributed by atoms with Crippen LogP contribution >= 0.6 is 0 Å². The molecule has 0 unspecified atom stereocenters. The van der Waals surface area contributed by atoms with Crippen molar-refractivity contribution in [1.82, 2.24) is 30.2 Å². The molecule has 1 aliphatic rings. The molecule has 1 heterocycles. The molecule has 17 nitrogen and oxygen atoms in total. The minimum atomic E-state index is -1.17. The molecule has 1 atom stereocenters. The van der Waals surface area contributed by atoms with E-state index in [1.54, 1.807) is 39.0 Å². The molecule has 17 heteroatoms. The fourth-order valence-electron chi connectivity index (χ4n) is 6.54. The molecule has 3 aromatic rings. The molecule has 1 fully saturated rings. The molecule has 1 aliphatic heterocycles. The Morgan fingerprint density at radius 1 is 0.596 bits per heavy atom. The largest absolute Gasteiger partial charge is 0.480 e. The monoisotopic (exact) mass is 791 g/mol. The van der Waals surface area contributed by atoms with Crippen molar-refractivity contribution < 1.29 is 49.2 Å². The summed E-state index contributed by atoms with van der Waals surface area (Å²) >= 11 is 0. The molecule has 0 spiro atoms. The molecule has 0 bridgehead atoms. The molecule has 7 N–H and O–H groups in total. The number of benzene rings is 3. The van der Waals surface area contributed by atoms with E-state index in [0.717, 1.165) is 22.0 Å². The van der Waals surface area contributed by atoms with E-state index >= 15 is 0 Å². The van der Waals surface area contributed by atoms with Gasteiger partial charge in [0.25, 0.3) is 5.91 Å². The van der Waals surface area contributed by atoms with Crippen LogP contribution in [-0.4, -0.2) is 167 Å². The first-order valence-corrected chi connectivity index (χ1v) is 19.0. The second kappa shape index (κ2) is 22.8. The number of unbranched alkanes of at least 4 members (excludes halogenated alkanes) is 1. The van der Waals surface area contributed by atoms with E-state index in [4.69, 9.17) is 0 Å². The van der Waals surface area contributed by atoms with Crippen LogP contribution in [0.2, 0.25) is 0 Å². The Balaban J connectivity index is 1.22. The zero-order valence-electron chi connectivity index (χ0n) is 32.0. The van der Waals surface area contributed by atoms with Gasteiger partial charge in [0.2, 0.25) is 5.91 Å². The maximum absolute atomic E-state index is 13.0. The number of rotatable bonds is 19. The summed E-state index contributed by atoms with van der Waals surface area (Å²) < 4.78 is 0. The molecule has 1 saturated heterocycles. The third-order valence-corrected chi connectivity index (χ3v) is 9.68. The summed E-state index contributed by atoms with van der Waals surface area (Å²) in [6, 6.07) is 20.0. The van der Waals surface area contributed by atoms with Gasteiger partial charge in [-0.05, 0) is 65.9 Å². The number of amides is 2. The molecule has 308 valence electrons. The number of hydrogen-bond acceptors (Lipinski definition) is 11. The topological polar surface area (TPSA) is 232 Å². The number of carboxylic acids is 4. The highest BCUT2D eigenvalue weighted by molar-refractivity contribution is 5.96. The van der Waals surface area contributed by atoms with Crippen LogP contribution in [0.1, 0.15) is 35.2 Å². The van der Waals surface area contributed by atoms with Crippen LogP contribution in [0.4, 0.5) is 5.69 Å². The summed E-state index contributed by atoms with van der Waals surface area (Å²) in [7, 11) is 0. The van der Waals surface area contributed by atoms with Crippen LogP contribution < -0.4 is 16.0 Å². The first-order valence-electron chi connectivity index (χ1n) is 19.0. The highest BCUT2D eigenvalue weighted by Gasteiger charge is 2.22. The fraction of sp³-hybridized carbons (Fsp3) is 0.450. The summed E-state index contributed by atoms with van der Waals surface area (Å²) in [5.74, 6) is -5.10. The number of hydrogen-bond donors (Lipinski definition) is 7. The summed E-state index contributed by atoms with van der Waals surface area (Å²) in [6.07, 6.45) is 1.01. The van der Waals surface area contributed by atoms with E-state index in [1.807, 2.05) is 17.0 Å². The Bertz CT molecular complexity index is 1790. The summed E-state index contributed by atoms with van der Waals surface area (Å²) in [5, 5.41) is 49.0. The summed E-state index contributed by atoms with van der Waals surface area (Å²) in [4.78, 5) is 79.1. The zero-order valence-corrected chi connectivity index (χ0v) is 32.0. The molecule has 57 heavy (non-hydrogen) atoms. The third-order valence-electron chi connectivity index (χ3n) is 9.68. The lowest BCUT2D eigenvalue weighted by Gasteiger charge is -2.32. The molecular formula is C40H53N7O10. The molecule has 0 aliphatic carbocycles. The molecule has 0 saturated carbocycles. The van der Waals surface area contributed by atoms with E-state index < -0.39 is 35.8 Å². The number of carboxylic acid groups (broad SMARTS) is 4. The Hall–Kier alpha value is -5.62. The number of carbonyl (C=O) groups excluding carboxylic acids is 2. The molecule has 0 radical (unpaired) electrons. The third kappa shape index (κ3) is 16.2. The minimum absolute atomic E-state index is 0.0292. The Kier molecular flexibility index (Phi) is 17.7. The van der Waals surface area contributed by atoms with Gasteiger partial charge in [-0.2, -0.15) is 0 Å². The molecule has 3 aromatic carbocycles. The van der Waals surface area contributed by atoms with Crippen molar-refractivity contribution in [3.8, 4) is 0 Å². The standard InChI is InChI=1S/C40H53N7O10/c48-35(25-44-15-17-45(26-36(49)50)19-21-47(28-38(53)54)22-20-46(18-16-44)27-37(51)52)41-14-4-3-7-34(40(56)57)43-39(55)31-10-12-33(13-11-31)42-24-29-8-9-30-5-1-2-6-32(30)23-29/h1-2,5-6,8-13,23,34,42H,3-4,7,14-22,24-28H2,(H,41,48)(H,43,55)(H,49,50)(H,51,52)(H,53,54)(H,56,57)/t34-/m0/s1. The van der Waals surface area contributed by atoms with Gasteiger partial charge in [0.1, 0.15) is 6.04 Å². The van der Waals surface area contributed by atoms with Crippen molar-refractivity contribution in [2.24, 2.45) is 0 Å². The van der Waals surface area contributed by atoms with Crippen LogP contribution in [0.3, 0.4) is 0 Å². The predicted molar refractivity (Wildman–Crippen MR) is 212 cm³/mol. The van der Waals surface area contributed by atoms with Crippen molar-refractivity contribution >= 4 is 52.2 Å². The molecule has 2 amide bonds. The number of anilines is 1. The number of nitrogens with one attached hydrogen (secondary N) is 3. The first kappa shape index (κ1) is 44.1. The van der Waals surface area contributed by atoms with Crippen molar-refractivity contribution in [3.05, 3.63) is 77.9 Å². The summed E-state index contributed by atoms with van der Waals surface area (Å²) in [6.45, 7) is 2.31. The van der Waals surface area contributed by atoms with Crippen LogP contribution in [0, 0.1) is 0 Å². The van der Waals surface area contributed by atoms with Gasteiger partial charge in [0.15, 0.2) is 0 Å². The average molecular weight is 792 g/mol. The highest BCUT2D eigenvalue weighted by atomic mass is 16.4. The van der Waals surface area contributed by atoms with Crippen LogP contribution in [0.5, 0.6) is 0 Å². The predicted octanol–water partition coefficient (Wildman–Crippen LogP) is 1.40. The van der Waals surface area contributed by atoms with Gasteiger partial charge >= 0.3 is 23.9 Å². The van der Waals surface area contributed by atoms with Crippen molar-refractivity contribution in [1.29, 1.82) is 0 Å². The lowest BCUT2D eigenvalue weighted by molar-refractivity contribution is -0.140. The minimum Gasteiger partial charge on any atom is -0.480 e. The number of nitrogens with zero attached hydrogens (tertiary/aromatic N) is 4. The maximum atomic E-state index is 13.0. The second-order valence-corrected chi connectivity index (χ2v) is 14.1. The van der Waals surface area contributed by atoms with E-state index in [2.05, 4.69) is 46.3 Å². The number of aliphatic carboxylic acids is 4. The average Bonchev–Trinajstić information content (AvgIpc) is 3.16. The fourth-order valence-corrected chi connectivity index (χ4v) is 6.54. The SMILES string of the molecule is O=C(O)CN1CCN(CC(=O)O)CCN(CC(=O)NCCCC[C@H](NC(=O)c2ccc(NCc3ccc4ccccc4c3)cc2)C(=O)O)CCN(CC(=O)O)CC1. The lowest BCUT2D eigenvalue weighted by Crippen LogP contribution is -2.49. The van der Waals surface area contributed by atoms with E-state index in [9.17, 15) is 49.2 Å². The van der Waals surface area contributed by atoms with Gasteiger partial charge < -0.3 is 36.4 Å². The molecule has 0 aromatic heterocycles. The van der Waals surface area contributed by atoms with Gasteiger partial charge in [-0.1, -0.05) is 36.4 Å². The van der Waals surface area contributed by atoms with Gasteiger partial charge in [0, 0.05) is 76.7 Å². The highest BCUT2D eigenvalue weighted by Crippen LogP contribution is 2.18. The van der Waals surface area contributed by atoms with Crippen molar-refractivity contribution in [3.63, 3.8) is 0 Å². The van der Waals surface area contributed by atoms with E-state index in [0.29, 0.717) is 38.0 Å². The van der Waals surface area contributed by atoms with Gasteiger partial charge in [0.05, 0.1) is 26.2 Å². The van der Waals surface area contributed by atoms with Gasteiger partial charge in [-0.25, -0.2) is 4.79 Å². The zero-order chi connectivity index (χ0) is 41.2. The van der Waals surface area contributed by atoms with E-state index in [1.165, 1.54) is 0 Å². The normalized spacial score (nSPS) is 15.8. The second-order valence-electron chi connectivity index (χ2n) is 14.1. The van der Waals surface area contributed by atoms with Gasteiger partial charge in [-0.3, -0.25) is 43.6 Å². The lowest BCUT2D eigenvalue weighted by atomic mass is 10.1. The van der Waals surface area contributed by atoms with Crippen LogP contribution in [0.25, 0.3) is 10.8 Å². The number of carbonyl (C=O) groups is 6. The van der Waals surface area contributed by atoms with E-state index in [-0.39, 0.29) is 84.3 Å². The Morgan fingerprint density at radius 3 is 1.61 bits per heavy atom. The quantitative estimate of drug-likeness (QED) is 0.0851. The van der Waals surface area contributed by atoms with Crippen LogP contribution in [-0.2, 0) is 30.5 Å². The molecular weight excluding hydrogens is 738 g/mol.